The van der Waals surface area contributed by atoms with E-state index < -0.39 is 25.9 Å². The van der Waals surface area contributed by atoms with Gasteiger partial charge in [-0.25, -0.2) is 21.2 Å². The highest BCUT2D eigenvalue weighted by molar-refractivity contribution is 7.92. The lowest BCUT2D eigenvalue weighted by atomic mass is 10.3. The topological polar surface area (TPSA) is 83.5 Å². The molecule has 0 aliphatic carbocycles. The van der Waals surface area contributed by atoms with Gasteiger partial charge in [0.25, 0.3) is 10.0 Å². The zero-order chi connectivity index (χ0) is 18.1. The van der Waals surface area contributed by atoms with Crippen LogP contribution in [0.3, 0.4) is 0 Å². The maximum absolute atomic E-state index is 13.6. The van der Waals surface area contributed by atoms with Crippen LogP contribution in [-0.4, -0.2) is 34.2 Å². The zero-order valence-electron chi connectivity index (χ0n) is 13.2. The number of para-hydroxylation sites is 1. The van der Waals surface area contributed by atoms with Crippen LogP contribution in [0, 0.1) is 5.82 Å². The van der Waals surface area contributed by atoms with Crippen molar-refractivity contribution in [1.29, 1.82) is 0 Å². The molecule has 2 aromatic carbocycles. The predicted molar refractivity (Wildman–Crippen MR) is 91.6 cm³/mol. The first-order valence-electron chi connectivity index (χ1n) is 7.68. The second-order valence-electron chi connectivity index (χ2n) is 5.67. The highest BCUT2D eigenvalue weighted by atomic mass is 32.2. The summed E-state index contributed by atoms with van der Waals surface area (Å²) in [5.41, 5.74) is -0.170. The molecule has 0 radical (unpaired) electrons. The van der Waals surface area contributed by atoms with Gasteiger partial charge in [-0.1, -0.05) is 12.1 Å². The number of sulfonamides is 2. The summed E-state index contributed by atoms with van der Waals surface area (Å²) in [6.45, 7) is 0.939. The standard InChI is InChI=1S/C16H17FN2O4S2/c17-15-5-1-2-6-16(15)18-24(20,21)13-7-9-14(10-8-13)25(22,23)19-11-3-4-12-19/h1-2,5-10,18H,3-4,11-12H2. The van der Waals surface area contributed by atoms with Gasteiger partial charge in [-0.15, -0.1) is 0 Å². The fraction of sp³-hybridized carbons (Fsp3) is 0.250. The van der Waals surface area contributed by atoms with Crippen LogP contribution in [0.1, 0.15) is 12.8 Å². The largest absolute Gasteiger partial charge is 0.277 e. The Morgan fingerprint density at radius 3 is 2.00 bits per heavy atom. The summed E-state index contributed by atoms with van der Waals surface area (Å²) < 4.78 is 66.7. The summed E-state index contributed by atoms with van der Waals surface area (Å²) >= 11 is 0. The molecule has 0 unspecified atom stereocenters. The van der Waals surface area contributed by atoms with Crippen molar-refractivity contribution < 1.29 is 21.2 Å². The number of hydrogen-bond donors (Lipinski definition) is 1. The van der Waals surface area contributed by atoms with E-state index in [1.165, 1.54) is 46.8 Å². The average molecular weight is 384 g/mol. The number of nitrogens with zero attached hydrogens (tertiary/aromatic N) is 1. The third-order valence-corrected chi connectivity index (χ3v) is 7.25. The molecule has 1 heterocycles. The molecular weight excluding hydrogens is 367 g/mol. The van der Waals surface area contributed by atoms with Crippen LogP contribution in [0.5, 0.6) is 0 Å². The molecule has 1 aliphatic rings. The molecule has 6 nitrogen and oxygen atoms in total. The molecule has 134 valence electrons. The number of rotatable bonds is 5. The van der Waals surface area contributed by atoms with Gasteiger partial charge >= 0.3 is 0 Å². The van der Waals surface area contributed by atoms with Crippen LogP contribution < -0.4 is 4.72 Å². The Bertz CT molecular complexity index is 967. The van der Waals surface area contributed by atoms with Crippen molar-refractivity contribution in [3.05, 3.63) is 54.3 Å². The molecule has 0 bridgehead atoms. The van der Waals surface area contributed by atoms with Gasteiger partial charge in [0.2, 0.25) is 10.0 Å². The fourth-order valence-corrected chi connectivity index (χ4v) is 5.20. The SMILES string of the molecule is O=S(=O)(Nc1ccccc1F)c1ccc(S(=O)(=O)N2CCCC2)cc1. The van der Waals surface area contributed by atoms with Crippen molar-refractivity contribution in [2.75, 3.05) is 17.8 Å². The smallest absolute Gasteiger partial charge is 0.261 e. The Morgan fingerprint density at radius 2 is 1.40 bits per heavy atom. The Labute approximate surface area is 146 Å². The van der Waals surface area contributed by atoms with Crippen molar-refractivity contribution in [2.45, 2.75) is 22.6 Å². The maximum Gasteiger partial charge on any atom is 0.261 e. The highest BCUT2D eigenvalue weighted by Crippen LogP contribution is 2.23. The molecule has 1 aliphatic heterocycles. The quantitative estimate of drug-likeness (QED) is 0.858. The van der Waals surface area contributed by atoms with E-state index in [9.17, 15) is 21.2 Å². The molecule has 0 amide bonds. The minimum absolute atomic E-state index is 0.0410. The summed E-state index contributed by atoms with van der Waals surface area (Å²) in [5, 5.41) is 0. The van der Waals surface area contributed by atoms with E-state index >= 15 is 0 Å². The second kappa shape index (κ2) is 6.74. The zero-order valence-corrected chi connectivity index (χ0v) is 14.9. The van der Waals surface area contributed by atoms with Crippen LogP contribution in [0.25, 0.3) is 0 Å². The minimum atomic E-state index is -4.02. The first-order valence-corrected chi connectivity index (χ1v) is 10.6. The van der Waals surface area contributed by atoms with Crippen LogP contribution in [0.2, 0.25) is 0 Å². The van der Waals surface area contributed by atoms with Gasteiger partial charge in [-0.2, -0.15) is 4.31 Å². The van der Waals surface area contributed by atoms with Gasteiger partial charge in [0.05, 0.1) is 15.5 Å². The molecule has 0 saturated carbocycles. The van der Waals surface area contributed by atoms with Gasteiger partial charge in [0.1, 0.15) is 5.82 Å². The summed E-state index contributed by atoms with van der Waals surface area (Å²) in [4.78, 5) is -0.102. The van der Waals surface area contributed by atoms with Crippen molar-refractivity contribution >= 4 is 25.7 Å². The molecule has 3 rings (SSSR count). The molecule has 2 aromatic rings. The normalized spacial score (nSPS) is 16.0. The van der Waals surface area contributed by atoms with Gasteiger partial charge in [-0.05, 0) is 49.2 Å². The Hall–Kier alpha value is -1.97. The summed E-state index contributed by atoms with van der Waals surface area (Å²) in [5.74, 6) is -0.695. The Balaban J connectivity index is 1.85. The predicted octanol–water partition coefficient (Wildman–Crippen LogP) is 2.41. The van der Waals surface area contributed by atoms with Gasteiger partial charge < -0.3 is 0 Å². The van der Waals surface area contributed by atoms with Gasteiger partial charge in [0, 0.05) is 13.1 Å². The van der Waals surface area contributed by atoms with Crippen molar-refractivity contribution in [3.8, 4) is 0 Å². The highest BCUT2D eigenvalue weighted by Gasteiger charge is 2.27. The van der Waals surface area contributed by atoms with E-state index in [2.05, 4.69) is 4.72 Å². The molecule has 1 fully saturated rings. The first-order chi connectivity index (χ1) is 11.8. The molecular formula is C16H17FN2O4S2. The lowest BCUT2D eigenvalue weighted by Gasteiger charge is -2.15. The lowest BCUT2D eigenvalue weighted by molar-refractivity contribution is 0.477. The monoisotopic (exact) mass is 384 g/mol. The molecule has 1 saturated heterocycles. The van der Waals surface area contributed by atoms with E-state index in [-0.39, 0.29) is 15.5 Å². The minimum Gasteiger partial charge on any atom is -0.277 e. The van der Waals surface area contributed by atoms with Gasteiger partial charge in [0.15, 0.2) is 0 Å². The van der Waals surface area contributed by atoms with Crippen LogP contribution in [0.4, 0.5) is 10.1 Å². The number of hydrogen-bond acceptors (Lipinski definition) is 4. The number of nitrogens with one attached hydrogen (secondary N) is 1. The van der Waals surface area contributed by atoms with Crippen molar-refractivity contribution in [3.63, 3.8) is 0 Å². The Morgan fingerprint density at radius 1 is 0.840 bits per heavy atom. The number of halogens is 1. The van der Waals surface area contributed by atoms with Gasteiger partial charge in [-0.3, -0.25) is 4.72 Å². The first kappa shape index (κ1) is 17.8. The fourth-order valence-electron chi connectivity index (χ4n) is 2.62. The average Bonchev–Trinajstić information content (AvgIpc) is 3.12. The summed E-state index contributed by atoms with van der Waals surface area (Å²) in [6, 6.07) is 10.3. The van der Waals surface area contributed by atoms with E-state index in [0.29, 0.717) is 13.1 Å². The molecule has 25 heavy (non-hydrogen) atoms. The summed E-state index contributed by atoms with van der Waals surface area (Å²) in [7, 11) is -7.62. The van der Waals surface area contributed by atoms with Crippen LogP contribution >= 0.6 is 0 Å². The summed E-state index contributed by atoms with van der Waals surface area (Å²) in [6.07, 6.45) is 1.64. The third kappa shape index (κ3) is 3.68. The van der Waals surface area contributed by atoms with Crippen LogP contribution in [0.15, 0.2) is 58.3 Å². The van der Waals surface area contributed by atoms with E-state index in [0.717, 1.165) is 18.9 Å². The number of benzene rings is 2. The molecule has 1 N–H and O–H groups in total. The van der Waals surface area contributed by atoms with E-state index in [1.54, 1.807) is 0 Å². The maximum atomic E-state index is 13.6. The van der Waals surface area contributed by atoms with E-state index in [4.69, 9.17) is 0 Å². The van der Waals surface area contributed by atoms with E-state index in [1.807, 2.05) is 0 Å². The molecule has 9 heteroatoms. The van der Waals surface area contributed by atoms with Crippen molar-refractivity contribution in [2.24, 2.45) is 0 Å². The second-order valence-corrected chi connectivity index (χ2v) is 9.29. The van der Waals surface area contributed by atoms with Crippen LogP contribution in [-0.2, 0) is 20.0 Å². The molecule has 0 spiro atoms. The molecule has 0 atom stereocenters. The molecule has 0 aromatic heterocycles. The third-order valence-electron chi connectivity index (χ3n) is 3.96. The number of anilines is 1. The van der Waals surface area contributed by atoms with Crippen molar-refractivity contribution in [1.82, 2.24) is 4.31 Å². The Kier molecular flexibility index (Phi) is 4.81. The lowest BCUT2D eigenvalue weighted by Crippen LogP contribution is -2.27.